The zero-order valence-electron chi connectivity index (χ0n) is 9.66. The Morgan fingerprint density at radius 1 is 1.47 bits per heavy atom. The van der Waals surface area contributed by atoms with Gasteiger partial charge < -0.3 is 15.6 Å². The molecule has 0 spiro atoms. The van der Waals surface area contributed by atoms with Gasteiger partial charge in [-0.2, -0.15) is 0 Å². The molecular formula is C12H17N3O2. The Morgan fingerprint density at radius 2 is 2.35 bits per heavy atom. The lowest BCUT2D eigenvalue weighted by atomic mass is 10.00. The second kappa shape index (κ2) is 5.63. The molecule has 1 fully saturated rings. The van der Waals surface area contributed by atoms with Crippen molar-refractivity contribution in [3.63, 3.8) is 0 Å². The Balaban J connectivity index is 1.86. The van der Waals surface area contributed by atoms with Crippen molar-refractivity contribution in [3.8, 4) is 0 Å². The van der Waals surface area contributed by atoms with Gasteiger partial charge in [-0.3, -0.25) is 9.59 Å². The maximum Gasteiger partial charge on any atom is 0.267 e. The molecule has 1 saturated heterocycles. The molecule has 1 aromatic heterocycles. The summed E-state index contributed by atoms with van der Waals surface area (Å²) in [7, 11) is 0. The molecule has 1 amide bonds. The highest BCUT2D eigenvalue weighted by Crippen LogP contribution is 2.08. The molecule has 0 radical (unpaired) electrons. The lowest BCUT2D eigenvalue weighted by Crippen LogP contribution is -2.38. The molecule has 2 heterocycles. The van der Waals surface area contributed by atoms with E-state index < -0.39 is 0 Å². The monoisotopic (exact) mass is 235 g/mol. The molecule has 1 aliphatic heterocycles. The number of carbonyl (C=O) groups is 1. The molecule has 1 aromatic rings. The van der Waals surface area contributed by atoms with Crippen LogP contribution in [-0.2, 0) is 0 Å². The van der Waals surface area contributed by atoms with Crippen molar-refractivity contribution in [2.75, 3.05) is 19.6 Å². The van der Waals surface area contributed by atoms with Crippen LogP contribution in [0.1, 0.15) is 23.3 Å². The highest BCUT2D eigenvalue weighted by Gasteiger charge is 2.14. The van der Waals surface area contributed by atoms with Gasteiger partial charge in [0.1, 0.15) is 5.69 Å². The zero-order chi connectivity index (χ0) is 12.1. The van der Waals surface area contributed by atoms with E-state index >= 15 is 0 Å². The fraction of sp³-hybridized carbons (Fsp3) is 0.500. The van der Waals surface area contributed by atoms with Gasteiger partial charge in [0.2, 0.25) is 5.56 Å². The van der Waals surface area contributed by atoms with Crippen LogP contribution in [0.15, 0.2) is 23.0 Å². The van der Waals surface area contributed by atoms with E-state index in [0.717, 1.165) is 25.9 Å². The number of piperidine rings is 1. The van der Waals surface area contributed by atoms with Crippen LogP contribution in [0.5, 0.6) is 0 Å². The van der Waals surface area contributed by atoms with Crippen LogP contribution in [0.3, 0.4) is 0 Å². The molecule has 5 nitrogen and oxygen atoms in total. The summed E-state index contributed by atoms with van der Waals surface area (Å²) in [6, 6.07) is 4.58. The minimum Gasteiger partial charge on any atom is -0.350 e. The molecular weight excluding hydrogens is 218 g/mol. The molecule has 0 bridgehead atoms. The SMILES string of the molecule is O=C(NCC1CCCNC1)c1cccc(=O)[nH]1. The summed E-state index contributed by atoms with van der Waals surface area (Å²) in [5, 5.41) is 6.15. The van der Waals surface area contributed by atoms with Crippen LogP contribution in [0.4, 0.5) is 0 Å². The largest absolute Gasteiger partial charge is 0.350 e. The molecule has 5 heteroatoms. The average molecular weight is 235 g/mol. The first-order chi connectivity index (χ1) is 8.25. The summed E-state index contributed by atoms with van der Waals surface area (Å²) in [5.41, 5.74) is 0.0678. The predicted octanol–water partition coefficient (Wildman–Crippen LogP) is 0.104. The van der Waals surface area contributed by atoms with Gasteiger partial charge in [-0.25, -0.2) is 0 Å². The molecule has 1 aliphatic rings. The fourth-order valence-electron chi connectivity index (χ4n) is 2.01. The van der Waals surface area contributed by atoms with Gasteiger partial charge >= 0.3 is 0 Å². The van der Waals surface area contributed by atoms with Crippen LogP contribution < -0.4 is 16.2 Å². The van der Waals surface area contributed by atoms with Gasteiger partial charge in [-0.1, -0.05) is 6.07 Å². The third-order valence-electron chi connectivity index (χ3n) is 2.96. The summed E-state index contributed by atoms with van der Waals surface area (Å²) in [5.74, 6) is 0.274. The van der Waals surface area contributed by atoms with E-state index in [-0.39, 0.29) is 11.5 Å². The average Bonchev–Trinajstić information content (AvgIpc) is 2.37. The van der Waals surface area contributed by atoms with Gasteiger partial charge in [0, 0.05) is 12.6 Å². The van der Waals surface area contributed by atoms with Crippen LogP contribution in [0.2, 0.25) is 0 Å². The Labute approximate surface area is 99.6 Å². The van der Waals surface area contributed by atoms with E-state index in [1.807, 2.05) is 0 Å². The van der Waals surface area contributed by atoms with Gasteiger partial charge in [0.25, 0.3) is 5.91 Å². The predicted molar refractivity (Wildman–Crippen MR) is 65.0 cm³/mol. The number of aromatic amines is 1. The minimum atomic E-state index is -0.253. The quantitative estimate of drug-likeness (QED) is 0.696. The molecule has 17 heavy (non-hydrogen) atoms. The summed E-state index contributed by atoms with van der Waals surface area (Å²) in [6.07, 6.45) is 2.29. The minimum absolute atomic E-state index is 0.215. The number of hydrogen-bond donors (Lipinski definition) is 3. The first-order valence-corrected chi connectivity index (χ1v) is 5.94. The second-order valence-electron chi connectivity index (χ2n) is 4.35. The summed E-state index contributed by atoms with van der Waals surface area (Å²) in [6.45, 7) is 2.67. The van der Waals surface area contributed by atoms with Crippen LogP contribution >= 0.6 is 0 Å². The van der Waals surface area contributed by atoms with Crippen LogP contribution in [0.25, 0.3) is 0 Å². The topological polar surface area (TPSA) is 74.0 Å². The molecule has 0 aliphatic carbocycles. The Bertz CT molecular complexity index is 435. The van der Waals surface area contributed by atoms with E-state index in [2.05, 4.69) is 15.6 Å². The molecule has 3 N–H and O–H groups in total. The van der Waals surface area contributed by atoms with Gasteiger partial charge in [0.05, 0.1) is 0 Å². The lowest BCUT2D eigenvalue weighted by molar-refractivity contribution is 0.0939. The Morgan fingerprint density at radius 3 is 3.06 bits per heavy atom. The maximum absolute atomic E-state index is 11.7. The third kappa shape index (κ3) is 3.42. The standard InChI is InChI=1S/C12H17N3O2/c16-11-5-1-4-10(15-11)12(17)14-8-9-3-2-6-13-7-9/h1,4-5,9,13H,2-3,6-8H2,(H,14,17)(H,15,16). The number of hydrogen-bond acceptors (Lipinski definition) is 3. The fourth-order valence-corrected chi connectivity index (χ4v) is 2.01. The molecule has 92 valence electrons. The number of carbonyl (C=O) groups excluding carboxylic acids is 1. The van der Waals surface area contributed by atoms with Crippen molar-refractivity contribution in [1.29, 1.82) is 0 Å². The molecule has 0 aromatic carbocycles. The van der Waals surface area contributed by atoms with Crippen molar-refractivity contribution in [3.05, 3.63) is 34.2 Å². The van der Waals surface area contributed by atoms with Gasteiger partial charge in [-0.15, -0.1) is 0 Å². The number of amides is 1. The van der Waals surface area contributed by atoms with Crippen molar-refractivity contribution in [1.82, 2.24) is 15.6 Å². The van der Waals surface area contributed by atoms with E-state index in [1.54, 1.807) is 12.1 Å². The van der Waals surface area contributed by atoms with E-state index in [4.69, 9.17) is 0 Å². The summed E-state index contributed by atoms with van der Waals surface area (Å²) < 4.78 is 0. The number of aromatic nitrogens is 1. The van der Waals surface area contributed by atoms with Crippen molar-refractivity contribution in [2.45, 2.75) is 12.8 Å². The maximum atomic E-state index is 11.7. The van der Waals surface area contributed by atoms with E-state index in [9.17, 15) is 9.59 Å². The lowest BCUT2D eigenvalue weighted by Gasteiger charge is -2.22. The van der Waals surface area contributed by atoms with Gasteiger partial charge in [-0.05, 0) is 37.9 Å². The first kappa shape index (κ1) is 11.9. The number of H-pyrrole nitrogens is 1. The highest BCUT2D eigenvalue weighted by molar-refractivity contribution is 5.92. The number of nitrogens with one attached hydrogen (secondary N) is 3. The second-order valence-corrected chi connectivity index (χ2v) is 4.35. The van der Waals surface area contributed by atoms with Crippen LogP contribution in [0, 0.1) is 5.92 Å². The summed E-state index contributed by atoms with van der Waals surface area (Å²) >= 11 is 0. The van der Waals surface area contributed by atoms with Crippen molar-refractivity contribution in [2.24, 2.45) is 5.92 Å². The Kier molecular flexibility index (Phi) is 3.93. The van der Waals surface area contributed by atoms with Gasteiger partial charge in [0.15, 0.2) is 0 Å². The van der Waals surface area contributed by atoms with E-state index in [0.29, 0.717) is 18.2 Å². The number of pyridine rings is 1. The molecule has 1 unspecified atom stereocenters. The van der Waals surface area contributed by atoms with Crippen LogP contribution in [-0.4, -0.2) is 30.5 Å². The summed E-state index contributed by atoms with van der Waals surface area (Å²) in [4.78, 5) is 25.3. The number of rotatable bonds is 3. The first-order valence-electron chi connectivity index (χ1n) is 5.94. The zero-order valence-corrected chi connectivity index (χ0v) is 9.66. The highest BCUT2D eigenvalue weighted by atomic mass is 16.2. The molecule has 0 saturated carbocycles. The van der Waals surface area contributed by atoms with E-state index in [1.165, 1.54) is 6.07 Å². The Hall–Kier alpha value is -1.62. The molecule has 2 rings (SSSR count). The smallest absolute Gasteiger partial charge is 0.267 e. The molecule has 1 atom stereocenters. The van der Waals surface area contributed by atoms with Crippen molar-refractivity contribution >= 4 is 5.91 Å². The normalized spacial score (nSPS) is 19.9. The third-order valence-corrected chi connectivity index (χ3v) is 2.96. The van der Waals surface area contributed by atoms with Crippen molar-refractivity contribution < 1.29 is 4.79 Å².